The van der Waals surface area contributed by atoms with Crippen molar-refractivity contribution in [2.75, 3.05) is 5.75 Å². The highest BCUT2D eigenvalue weighted by molar-refractivity contribution is 7.99. The fraction of sp³-hybridized carbons (Fsp3) is 0.188. The van der Waals surface area contributed by atoms with E-state index in [2.05, 4.69) is 5.32 Å². The minimum atomic E-state index is -0.301. The van der Waals surface area contributed by atoms with Crippen molar-refractivity contribution in [1.82, 2.24) is 5.32 Å². The van der Waals surface area contributed by atoms with E-state index in [9.17, 15) is 9.18 Å². The number of hydrogen-bond acceptors (Lipinski definition) is 2. The van der Waals surface area contributed by atoms with Crippen molar-refractivity contribution in [3.8, 4) is 0 Å². The van der Waals surface area contributed by atoms with Gasteiger partial charge in [0.25, 0.3) is 5.91 Å². The maximum absolute atomic E-state index is 13.5. The van der Waals surface area contributed by atoms with Crippen LogP contribution in [0, 0.1) is 5.82 Å². The molecule has 1 amide bonds. The molecule has 1 heterocycles. The third-order valence-corrected chi connectivity index (χ3v) is 5.16. The van der Waals surface area contributed by atoms with Crippen molar-refractivity contribution in [3.63, 3.8) is 0 Å². The number of rotatable bonds is 2. The van der Waals surface area contributed by atoms with Gasteiger partial charge in [-0.05, 0) is 48.4 Å². The monoisotopic (exact) mass is 355 g/mol. The zero-order chi connectivity index (χ0) is 15.7. The number of thioether (sulfide) groups is 1. The number of halogens is 3. The smallest absolute Gasteiger partial charge is 0.253 e. The molecule has 6 heteroatoms. The van der Waals surface area contributed by atoms with Crippen LogP contribution < -0.4 is 5.32 Å². The summed E-state index contributed by atoms with van der Waals surface area (Å²) in [4.78, 5) is 13.4. The van der Waals surface area contributed by atoms with E-state index in [0.717, 1.165) is 22.6 Å². The number of hydrogen-bond donors (Lipinski definition) is 1. The Morgan fingerprint density at radius 2 is 2.05 bits per heavy atom. The predicted octanol–water partition coefficient (Wildman–Crippen LogP) is 5.10. The van der Waals surface area contributed by atoms with Crippen LogP contribution in [0.4, 0.5) is 4.39 Å². The fourth-order valence-corrected chi connectivity index (χ4v) is 4.02. The van der Waals surface area contributed by atoms with Crippen LogP contribution in [0.1, 0.15) is 28.4 Å². The minimum absolute atomic E-state index is 0.216. The van der Waals surface area contributed by atoms with Crippen LogP contribution in [0.2, 0.25) is 10.0 Å². The van der Waals surface area contributed by atoms with Gasteiger partial charge in [-0.2, -0.15) is 0 Å². The predicted molar refractivity (Wildman–Crippen MR) is 88.4 cm³/mol. The molecule has 114 valence electrons. The summed E-state index contributed by atoms with van der Waals surface area (Å²) in [5.41, 5.74) is 1.18. The summed E-state index contributed by atoms with van der Waals surface area (Å²) >= 11 is 13.6. The van der Waals surface area contributed by atoms with Crippen molar-refractivity contribution in [1.29, 1.82) is 0 Å². The molecule has 1 N–H and O–H groups in total. The van der Waals surface area contributed by atoms with Crippen LogP contribution in [-0.4, -0.2) is 11.7 Å². The normalized spacial score (nSPS) is 17.0. The van der Waals surface area contributed by atoms with Crippen LogP contribution in [-0.2, 0) is 0 Å². The summed E-state index contributed by atoms with van der Waals surface area (Å²) in [5.74, 6) is 0.289. The van der Waals surface area contributed by atoms with E-state index in [1.165, 1.54) is 18.2 Å². The third kappa shape index (κ3) is 3.24. The van der Waals surface area contributed by atoms with Gasteiger partial charge in [0.05, 0.1) is 16.6 Å². The summed E-state index contributed by atoms with van der Waals surface area (Å²) < 4.78 is 13.5. The van der Waals surface area contributed by atoms with Crippen molar-refractivity contribution in [2.24, 2.45) is 0 Å². The van der Waals surface area contributed by atoms with Gasteiger partial charge in [-0.25, -0.2) is 4.39 Å². The van der Waals surface area contributed by atoms with E-state index < -0.39 is 0 Å². The molecule has 0 aromatic heterocycles. The number of carbonyl (C=O) groups excluding carboxylic acids is 1. The molecule has 0 fully saturated rings. The van der Waals surface area contributed by atoms with E-state index in [-0.39, 0.29) is 17.8 Å². The SMILES string of the molecule is O=C(NC1CCSc2ccc(F)cc21)c1ccc(Cl)cc1Cl. The quantitative estimate of drug-likeness (QED) is 0.811. The molecular weight excluding hydrogens is 344 g/mol. The Morgan fingerprint density at radius 1 is 1.23 bits per heavy atom. The Balaban J connectivity index is 1.85. The van der Waals surface area contributed by atoms with Crippen molar-refractivity contribution in [3.05, 3.63) is 63.4 Å². The largest absolute Gasteiger partial charge is 0.345 e. The Bertz CT molecular complexity index is 738. The Morgan fingerprint density at radius 3 is 2.82 bits per heavy atom. The van der Waals surface area contributed by atoms with Gasteiger partial charge in [0.2, 0.25) is 0 Å². The maximum atomic E-state index is 13.5. The van der Waals surface area contributed by atoms with E-state index in [1.807, 2.05) is 0 Å². The second-order valence-electron chi connectivity index (χ2n) is 4.97. The average molecular weight is 356 g/mol. The van der Waals surface area contributed by atoms with Gasteiger partial charge in [-0.15, -0.1) is 11.8 Å². The highest BCUT2D eigenvalue weighted by Gasteiger charge is 2.24. The number of benzene rings is 2. The molecule has 1 aliphatic rings. The molecule has 0 spiro atoms. The lowest BCUT2D eigenvalue weighted by Gasteiger charge is -2.26. The molecule has 3 rings (SSSR count). The molecular formula is C16H12Cl2FNOS. The summed E-state index contributed by atoms with van der Waals surface area (Å²) in [6.45, 7) is 0. The van der Waals surface area contributed by atoms with Gasteiger partial charge >= 0.3 is 0 Å². The Labute approximate surface area is 142 Å². The van der Waals surface area contributed by atoms with Crippen molar-refractivity contribution < 1.29 is 9.18 Å². The lowest BCUT2D eigenvalue weighted by molar-refractivity contribution is 0.0935. The Kier molecular flexibility index (Phi) is 4.62. The second-order valence-corrected chi connectivity index (χ2v) is 6.95. The van der Waals surface area contributed by atoms with Crippen molar-refractivity contribution >= 4 is 40.9 Å². The summed E-state index contributed by atoms with van der Waals surface area (Å²) in [7, 11) is 0. The highest BCUT2D eigenvalue weighted by Crippen LogP contribution is 2.36. The first-order valence-corrected chi connectivity index (χ1v) is 8.47. The molecule has 0 bridgehead atoms. The number of carbonyl (C=O) groups is 1. The summed E-state index contributed by atoms with van der Waals surface area (Å²) in [6, 6.07) is 9.19. The van der Waals surface area contributed by atoms with Gasteiger partial charge in [-0.3, -0.25) is 4.79 Å². The number of fused-ring (bicyclic) bond motifs is 1. The summed E-state index contributed by atoms with van der Waals surface area (Å²) in [6.07, 6.45) is 0.748. The first kappa shape index (κ1) is 15.7. The van der Waals surface area contributed by atoms with Crippen LogP contribution in [0.3, 0.4) is 0 Å². The molecule has 0 radical (unpaired) electrons. The second kappa shape index (κ2) is 6.49. The van der Waals surface area contributed by atoms with E-state index >= 15 is 0 Å². The molecule has 1 atom stereocenters. The molecule has 0 saturated carbocycles. The molecule has 1 unspecified atom stereocenters. The molecule has 2 nitrogen and oxygen atoms in total. The van der Waals surface area contributed by atoms with Gasteiger partial charge in [-0.1, -0.05) is 23.2 Å². The topological polar surface area (TPSA) is 29.1 Å². The molecule has 22 heavy (non-hydrogen) atoms. The van der Waals surface area contributed by atoms with Gasteiger partial charge < -0.3 is 5.32 Å². The minimum Gasteiger partial charge on any atom is -0.345 e. The fourth-order valence-electron chi connectivity index (χ4n) is 2.42. The van der Waals surface area contributed by atoms with Crippen LogP contribution in [0.5, 0.6) is 0 Å². The van der Waals surface area contributed by atoms with Crippen LogP contribution in [0.15, 0.2) is 41.3 Å². The van der Waals surface area contributed by atoms with Crippen molar-refractivity contribution in [2.45, 2.75) is 17.4 Å². The highest BCUT2D eigenvalue weighted by atomic mass is 35.5. The number of amides is 1. The zero-order valence-electron chi connectivity index (χ0n) is 11.4. The first-order valence-electron chi connectivity index (χ1n) is 6.73. The molecule has 2 aromatic carbocycles. The molecule has 0 saturated heterocycles. The van der Waals surface area contributed by atoms with E-state index in [0.29, 0.717) is 15.6 Å². The lowest BCUT2D eigenvalue weighted by atomic mass is 10.0. The third-order valence-electron chi connectivity index (χ3n) is 3.49. The number of nitrogens with one attached hydrogen (secondary N) is 1. The first-order chi connectivity index (χ1) is 10.5. The van der Waals surface area contributed by atoms with Crippen LogP contribution >= 0.6 is 35.0 Å². The standard InChI is InChI=1S/C16H12Cl2FNOS/c17-9-1-3-11(13(18)7-9)16(21)20-14-5-6-22-15-4-2-10(19)8-12(14)15/h1-4,7-8,14H,5-6H2,(H,20,21). The lowest BCUT2D eigenvalue weighted by Crippen LogP contribution is -2.30. The molecule has 1 aliphatic heterocycles. The van der Waals surface area contributed by atoms with Gasteiger partial charge in [0.15, 0.2) is 0 Å². The average Bonchev–Trinajstić information content (AvgIpc) is 2.47. The van der Waals surface area contributed by atoms with Gasteiger partial charge in [0, 0.05) is 15.7 Å². The molecule has 2 aromatic rings. The zero-order valence-corrected chi connectivity index (χ0v) is 13.7. The van der Waals surface area contributed by atoms with Gasteiger partial charge in [0.1, 0.15) is 5.82 Å². The Hall–Kier alpha value is -1.23. The van der Waals surface area contributed by atoms with Crippen LogP contribution in [0.25, 0.3) is 0 Å². The molecule has 0 aliphatic carbocycles. The van der Waals surface area contributed by atoms with E-state index in [1.54, 1.807) is 30.0 Å². The summed E-state index contributed by atoms with van der Waals surface area (Å²) in [5, 5.41) is 3.71. The van der Waals surface area contributed by atoms with E-state index in [4.69, 9.17) is 23.2 Å². The maximum Gasteiger partial charge on any atom is 0.253 e.